The zero-order valence-electron chi connectivity index (χ0n) is 37.3. The molecule has 0 bridgehead atoms. The van der Waals surface area contributed by atoms with Gasteiger partial charge in [0, 0.05) is 43.7 Å². The molecule has 0 spiro atoms. The molecule has 68 heavy (non-hydrogen) atoms. The molecule has 318 valence electrons. The predicted octanol–water partition coefficient (Wildman–Crippen LogP) is 18.9. The molecule has 2 heteroatoms. The lowest BCUT2D eigenvalue weighted by molar-refractivity contribution is 1.32. The number of nitrogens with zero attached hydrogens (tertiary/aromatic N) is 2. The summed E-state index contributed by atoms with van der Waals surface area (Å²) >= 11 is 0. The Morgan fingerprint density at radius 2 is 0.574 bits per heavy atom. The molecule has 13 rings (SSSR count). The van der Waals surface area contributed by atoms with Gasteiger partial charge in [-0.05, 0) is 109 Å². The first-order valence-electron chi connectivity index (χ1n) is 23.4. The molecule has 0 atom stereocenters. The zero-order chi connectivity index (χ0) is 45.0. The van der Waals surface area contributed by atoms with E-state index in [1.807, 2.05) is 0 Å². The van der Waals surface area contributed by atoms with Crippen LogP contribution in [-0.4, -0.2) is 0 Å². The lowest BCUT2D eigenvalue weighted by Gasteiger charge is -2.30. The highest BCUT2D eigenvalue weighted by Gasteiger charge is 2.22. The standard InChI is InChI=1S/C66H44N2/c1-7-23-57-47(15-1)21-13-29-63(57)67(65-59-25-9-3-17-51(59)42-52-18-4-10-26-60(52)65)55-38-34-45(35-39-55)31-32-46-33-36-50-44-56(40-37-49(50)41-46)68(64-30-14-22-48-16-2-8-24-58(48)64)66-61-27-11-5-19-53(61)43-54-20-6-12-28-62(54)66/h1-44H. The van der Waals surface area contributed by atoms with E-state index in [1.165, 1.54) is 86.8 Å². The van der Waals surface area contributed by atoms with Crippen LogP contribution in [0, 0.1) is 0 Å². The zero-order valence-corrected chi connectivity index (χ0v) is 37.3. The van der Waals surface area contributed by atoms with E-state index >= 15 is 0 Å². The van der Waals surface area contributed by atoms with E-state index in [4.69, 9.17) is 0 Å². The van der Waals surface area contributed by atoms with E-state index in [9.17, 15) is 0 Å². The minimum Gasteiger partial charge on any atom is -0.309 e. The van der Waals surface area contributed by atoms with Crippen molar-refractivity contribution in [3.8, 4) is 0 Å². The Hall–Kier alpha value is -8.98. The van der Waals surface area contributed by atoms with Crippen LogP contribution >= 0.6 is 0 Å². The molecule has 0 radical (unpaired) electrons. The highest BCUT2D eigenvalue weighted by atomic mass is 15.2. The van der Waals surface area contributed by atoms with Crippen molar-refractivity contribution in [3.63, 3.8) is 0 Å². The van der Waals surface area contributed by atoms with Crippen molar-refractivity contribution in [2.75, 3.05) is 9.80 Å². The van der Waals surface area contributed by atoms with Crippen LogP contribution in [-0.2, 0) is 0 Å². The van der Waals surface area contributed by atoms with Crippen LogP contribution in [0.25, 0.3) is 87.6 Å². The second-order valence-electron chi connectivity index (χ2n) is 17.7. The van der Waals surface area contributed by atoms with Crippen molar-refractivity contribution >= 4 is 122 Å². The SMILES string of the molecule is C(=Cc1ccc2cc(N(c3cccc4ccccc34)c3c4ccccc4cc4ccccc34)ccc2c1)c1ccc(N(c2cccc3ccccc23)c2c3ccccc3cc3ccccc23)cc1. The molecule has 2 nitrogen and oxygen atoms in total. The molecule has 13 aromatic carbocycles. The van der Waals surface area contributed by atoms with Gasteiger partial charge < -0.3 is 9.80 Å². The molecule has 0 aliphatic rings. The van der Waals surface area contributed by atoms with Crippen molar-refractivity contribution in [3.05, 3.63) is 266 Å². The van der Waals surface area contributed by atoms with Gasteiger partial charge in [0.1, 0.15) is 0 Å². The van der Waals surface area contributed by atoms with Crippen LogP contribution < -0.4 is 9.80 Å². The maximum absolute atomic E-state index is 2.48. The second-order valence-corrected chi connectivity index (χ2v) is 17.7. The van der Waals surface area contributed by atoms with Gasteiger partial charge in [0.05, 0.1) is 22.7 Å². The first-order valence-corrected chi connectivity index (χ1v) is 23.4. The first-order chi connectivity index (χ1) is 33.7. The average Bonchev–Trinajstić information content (AvgIpc) is 3.40. The van der Waals surface area contributed by atoms with Crippen LogP contribution in [0.15, 0.2) is 255 Å². The topological polar surface area (TPSA) is 6.48 Å². The van der Waals surface area contributed by atoms with Gasteiger partial charge in [0.15, 0.2) is 0 Å². The van der Waals surface area contributed by atoms with E-state index in [2.05, 4.69) is 277 Å². The van der Waals surface area contributed by atoms with Crippen LogP contribution in [0.2, 0.25) is 0 Å². The molecule has 0 fully saturated rings. The number of anilines is 6. The Bertz CT molecular complexity index is 3990. The Balaban J connectivity index is 0.881. The molecular weight excluding hydrogens is 821 g/mol. The van der Waals surface area contributed by atoms with Gasteiger partial charge in [-0.15, -0.1) is 0 Å². The molecule has 0 aliphatic heterocycles. The summed E-state index contributed by atoms with van der Waals surface area (Å²) in [6.45, 7) is 0. The van der Waals surface area contributed by atoms with Gasteiger partial charge in [-0.1, -0.05) is 212 Å². The third-order valence-electron chi connectivity index (χ3n) is 13.7. The van der Waals surface area contributed by atoms with E-state index < -0.39 is 0 Å². The van der Waals surface area contributed by atoms with E-state index in [0.717, 1.165) is 33.9 Å². The molecule has 0 heterocycles. The predicted molar refractivity (Wildman–Crippen MR) is 294 cm³/mol. The van der Waals surface area contributed by atoms with Crippen molar-refractivity contribution in [1.82, 2.24) is 0 Å². The van der Waals surface area contributed by atoms with Crippen LogP contribution in [0.5, 0.6) is 0 Å². The van der Waals surface area contributed by atoms with Crippen LogP contribution in [0.4, 0.5) is 34.1 Å². The molecule has 0 amide bonds. The summed E-state index contributed by atoms with van der Waals surface area (Å²) in [5.74, 6) is 0. The minimum atomic E-state index is 1.11. The molecule has 0 N–H and O–H groups in total. The number of hydrogen-bond donors (Lipinski definition) is 0. The number of benzene rings is 13. The quantitative estimate of drug-likeness (QED) is 0.111. The van der Waals surface area contributed by atoms with Gasteiger partial charge in [0.2, 0.25) is 0 Å². The number of rotatable bonds is 8. The molecule has 0 saturated carbocycles. The minimum absolute atomic E-state index is 1.11. The summed E-state index contributed by atoms with van der Waals surface area (Å²) in [5, 5.41) is 17.0. The normalized spacial score (nSPS) is 11.8. The monoisotopic (exact) mass is 864 g/mol. The molecular formula is C66H44N2. The fourth-order valence-corrected chi connectivity index (χ4v) is 10.5. The summed E-state index contributed by atoms with van der Waals surface area (Å²) in [5.41, 5.74) is 9.19. The summed E-state index contributed by atoms with van der Waals surface area (Å²) in [4.78, 5) is 4.94. The Kier molecular flexibility index (Phi) is 9.54. The smallest absolute Gasteiger partial charge is 0.0618 e. The summed E-state index contributed by atoms with van der Waals surface area (Å²) in [7, 11) is 0. The summed E-state index contributed by atoms with van der Waals surface area (Å²) < 4.78 is 0. The van der Waals surface area contributed by atoms with Gasteiger partial charge in [-0.25, -0.2) is 0 Å². The molecule has 13 aromatic rings. The molecule has 0 saturated heterocycles. The number of hydrogen-bond acceptors (Lipinski definition) is 2. The van der Waals surface area contributed by atoms with Crippen molar-refractivity contribution < 1.29 is 0 Å². The summed E-state index contributed by atoms with van der Waals surface area (Å²) in [6.07, 6.45) is 4.45. The number of fused-ring (bicyclic) bond motifs is 7. The third kappa shape index (κ3) is 6.82. The Morgan fingerprint density at radius 1 is 0.221 bits per heavy atom. The lowest BCUT2D eigenvalue weighted by atomic mass is 9.97. The van der Waals surface area contributed by atoms with E-state index in [-0.39, 0.29) is 0 Å². The van der Waals surface area contributed by atoms with E-state index in [1.54, 1.807) is 0 Å². The summed E-state index contributed by atoms with van der Waals surface area (Å²) in [6, 6.07) is 93.1. The van der Waals surface area contributed by atoms with Crippen LogP contribution in [0.1, 0.15) is 11.1 Å². The van der Waals surface area contributed by atoms with Crippen molar-refractivity contribution in [2.24, 2.45) is 0 Å². The van der Waals surface area contributed by atoms with Crippen molar-refractivity contribution in [1.29, 1.82) is 0 Å². The van der Waals surface area contributed by atoms with Gasteiger partial charge in [-0.2, -0.15) is 0 Å². The fourth-order valence-electron chi connectivity index (χ4n) is 10.5. The van der Waals surface area contributed by atoms with Crippen LogP contribution in [0.3, 0.4) is 0 Å². The maximum Gasteiger partial charge on any atom is 0.0618 e. The molecule has 0 aromatic heterocycles. The van der Waals surface area contributed by atoms with Gasteiger partial charge >= 0.3 is 0 Å². The fraction of sp³-hybridized carbons (Fsp3) is 0. The van der Waals surface area contributed by atoms with Gasteiger partial charge in [-0.3, -0.25) is 0 Å². The lowest BCUT2D eigenvalue weighted by Crippen LogP contribution is -2.11. The molecule has 0 aliphatic carbocycles. The highest BCUT2D eigenvalue weighted by Crippen LogP contribution is 2.48. The third-order valence-corrected chi connectivity index (χ3v) is 13.7. The van der Waals surface area contributed by atoms with E-state index in [0.29, 0.717) is 0 Å². The Morgan fingerprint density at radius 3 is 1.07 bits per heavy atom. The molecule has 0 unspecified atom stereocenters. The van der Waals surface area contributed by atoms with Gasteiger partial charge in [0.25, 0.3) is 0 Å². The largest absolute Gasteiger partial charge is 0.309 e. The van der Waals surface area contributed by atoms with Crippen molar-refractivity contribution in [2.45, 2.75) is 0 Å². The highest BCUT2D eigenvalue weighted by molar-refractivity contribution is 6.18. The Labute approximate surface area is 395 Å². The first kappa shape index (κ1) is 39.4. The second kappa shape index (κ2) is 16.5. The average molecular weight is 865 g/mol. The maximum atomic E-state index is 2.48.